The number of rotatable bonds is 5. The van der Waals surface area contributed by atoms with Gasteiger partial charge in [0.15, 0.2) is 0 Å². The first kappa shape index (κ1) is 13.0. The molecule has 0 bridgehead atoms. The summed E-state index contributed by atoms with van der Waals surface area (Å²) in [6.07, 6.45) is 1.35. The fourth-order valence-electron chi connectivity index (χ4n) is 2.24. The molecule has 0 radical (unpaired) electrons. The maximum absolute atomic E-state index is 5.83. The molecule has 1 aliphatic rings. The highest BCUT2D eigenvalue weighted by atomic mass is 32.1. The molecular formula is C13H22N2OS. The number of nitrogens with zero attached hydrogens (tertiary/aromatic N) is 1. The average molecular weight is 254 g/mol. The van der Waals surface area contributed by atoms with Crippen molar-refractivity contribution in [3.05, 3.63) is 16.1 Å². The normalized spacial score (nSPS) is 24.7. The number of aromatic nitrogens is 1. The van der Waals surface area contributed by atoms with E-state index in [0.717, 1.165) is 36.8 Å². The van der Waals surface area contributed by atoms with Crippen LogP contribution < -0.4 is 5.32 Å². The van der Waals surface area contributed by atoms with Crippen molar-refractivity contribution in [1.82, 2.24) is 10.3 Å². The van der Waals surface area contributed by atoms with E-state index in [1.807, 2.05) is 0 Å². The van der Waals surface area contributed by atoms with E-state index in [2.05, 4.69) is 36.5 Å². The molecule has 1 aliphatic heterocycles. The average Bonchev–Trinajstić information content (AvgIpc) is 2.86. The molecule has 2 heterocycles. The summed E-state index contributed by atoms with van der Waals surface area (Å²) in [5.41, 5.74) is 1.13. The van der Waals surface area contributed by atoms with Gasteiger partial charge >= 0.3 is 0 Å². The van der Waals surface area contributed by atoms with Crippen LogP contribution in [0.2, 0.25) is 0 Å². The van der Waals surface area contributed by atoms with E-state index in [-0.39, 0.29) is 6.10 Å². The van der Waals surface area contributed by atoms with E-state index >= 15 is 0 Å². The number of ether oxygens (including phenoxy) is 1. The van der Waals surface area contributed by atoms with Gasteiger partial charge in [0.2, 0.25) is 0 Å². The molecule has 0 saturated carbocycles. The molecule has 3 nitrogen and oxygen atoms in total. The molecule has 2 atom stereocenters. The lowest BCUT2D eigenvalue weighted by atomic mass is 9.99. The Morgan fingerprint density at radius 3 is 3.06 bits per heavy atom. The van der Waals surface area contributed by atoms with Crippen molar-refractivity contribution < 1.29 is 4.74 Å². The summed E-state index contributed by atoms with van der Waals surface area (Å²) >= 11 is 1.71. The van der Waals surface area contributed by atoms with Crippen molar-refractivity contribution in [2.24, 2.45) is 11.8 Å². The van der Waals surface area contributed by atoms with E-state index in [1.54, 1.807) is 11.3 Å². The summed E-state index contributed by atoms with van der Waals surface area (Å²) < 4.78 is 5.83. The highest BCUT2D eigenvalue weighted by molar-refractivity contribution is 7.09. The second-order valence-electron chi connectivity index (χ2n) is 5.18. The molecule has 17 heavy (non-hydrogen) atoms. The Morgan fingerprint density at radius 1 is 1.59 bits per heavy atom. The summed E-state index contributed by atoms with van der Waals surface area (Å²) in [6.45, 7) is 9.52. The third kappa shape index (κ3) is 3.50. The minimum absolute atomic E-state index is 0.208. The first-order valence-electron chi connectivity index (χ1n) is 6.41. The quantitative estimate of drug-likeness (QED) is 0.877. The molecule has 1 fully saturated rings. The Bertz CT molecular complexity index is 351. The van der Waals surface area contributed by atoms with Crippen molar-refractivity contribution in [3.8, 4) is 0 Å². The predicted octanol–water partition coefficient (Wildman–Crippen LogP) is 2.77. The molecule has 1 N–H and O–H groups in total. The lowest BCUT2D eigenvalue weighted by Crippen LogP contribution is -2.28. The van der Waals surface area contributed by atoms with Gasteiger partial charge in [-0.1, -0.05) is 13.8 Å². The van der Waals surface area contributed by atoms with Crippen LogP contribution in [0.1, 0.15) is 37.1 Å². The maximum Gasteiger partial charge on any atom is 0.104 e. The largest absolute Gasteiger partial charge is 0.372 e. The van der Waals surface area contributed by atoms with Gasteiger partial charge < -0.3 is 10.1 Å². The molecule has 0 aliphatic carbocycles. The lowest BCUT2D eigenvalue weighted by molar-refractivity contribution is 0.0873. The molecule has 4 heteroatoms. The molecule has 1 saturated heterocycles. The zero-order chi connectivity index (χ0) is 12.3. The summed E-state index contributed by atoms with van der Waals surface area (Å²) in [5, 5.41) is 6.80. The van der Waals surface area contributed by atoms with Crippen LogP contribution in [0.5, 0.6) is 0 Å². The number of thiazole rings is 1. The highest BCUT2D eigenvalue weighted by Gasteiger charge is 2.30. The van der Waals surface area contributed by atoms with Crippen LogP contribution in [-0.4, -0.2) is 24.7 Å². The van der Waals surface area contributed by atoms with Crippen LogP contribution in [-0.2, 0) is 4.74 Å². The molecule has 1 aromatic heterocycles. The van der Waals surface area contributed by atoms with Gasteiger partial charge in [-0.05, 0) is 25.8 Å². The van der Waals surface area contributed by atoms with Crippen LogP contribution in [0.15, 0.2) is 5.38 Å². The standard InChI is InChI=1S/C13H22N2OS/c1-9(2)6-14-7-11-4-5-16-13(11)12-8-17-10(3)15-12/h8-9,11,13-14H,4-7H2,1-3H3. The van der Waals surface area contributed by atoms with Crippen LogP contribution in [0.4, 0.5) is 0 Å². The Morgan fingerprint density at radius 2 is 2.41 bits per heavy atom. The molecule has 0 aromatic carbocycles. The van der Waals surface area contributed by atoms with E-state index in [4.69, 9.17) is 4.74 Å². The van der Waals surface area contributed by atoms with Crippen LogP contribution >= 0.6 is 11.3 Å². The molecule has 1 aromatic rings. The predicted molar refractivity (Wildman–Crippen MR) is 71.4 cm³/mol. The fourth-order valence-corrected chi connectivity index (χ4v) is 2.87. The summed E-state index contributed by atoms with van der Waals surface area (Å²) in [4.78, 5) is 4.55. The van der Waals surface area contributed by atoms with Gasteiger partial charge in [0.1, 0.15) is 6.10 Å². The lowest BCUT2D eigenvalue weighted by Gasteiger charge is -2.18. The van der Waals surface area contributed by atoms with Crippen molar-refractivity contribution in [2.75, 3.05) is 19.7 Å². The third-order valence-electron chi connectivity index (χ3n) is 3.10. The second-order valence-corrected chi connectivity index (χ2v) is 6.25. The number of hydrogen-bond donors (Lipinski definition) is 1. The van der Waals surface area contributed by atoms with Gasteiger partial charge in [-0.2, -0.15) is 0 Å². The second kappa shape index (κ2) is 5.94. The molecule has 96 valence electrons. The Labute approximate surface area is 108 Å². The molecule has 2 unspecified atom stereocenters. The van der Waals surface area contributed by atoms with Gasteiger partial charge in [0.25, 0.3) is 0 Å². The third-order valence-corrected chi connectivity index (χ3v) is 3.89. The SMILES string of the molecule is Cc1nc(C2OCCC2CNCC(C)C)cs1. The van der Waals surface area contributed by atoms with Gasteiger partial charge in [-0.3, -0.25) is 0 Å². The zero-order valence-corrected chi connectivity index (χ0v) is 11.7. The highest BCUT2D eigenvalue weighted by Crippen LogP contribution is 2.34. The summed E-state index contributed by atoms with van der Waals surface area (Å²) in [7, 11) is 0. The van der Waals surface area contributed by atoms with Gasteiger partial charge in [-0.25, -0.2) is 4.98 Å². The summed E-state index contributed by atoms with van der Waals surface area (Å²) in [6, 6.07) is 0. The van der Waals surface area contributed by atoms with Crippen LogP contribution in [0.25, 0.3) is 0 Å². The number of aryl methyl sites for hydroxylation is 1. The monoisotopic (exact) mass is 254 g/mol. The molecule has 0 spiro atoms. The van der Waals surface area contributed by atoms with Gasteiger partial charge in [-0.15, -0.1) is 11.3 Å². The Hall–Kier alpha value is -0.450. The first-order valence-corrected chi connectivity index (χ1v) is 7.29. The van der Waals surface area contributed by atoms with Gasteiger partial charge in [0.05, 0.1) is 10.7 Å². The van der Waals surface area contributed by atoms with Crippen molar-refractivity contribution in [1.29, 1.82) is 0 Å². The zero-order valence-electron chi connectivity index (χ0n) is 10.9. The van der Waals surface area contributed by atoms with Crippen molar-refractivity contribution in [2.45, 2.75) is 33.3 Å². The van der Waals surface area contributed by atoms with Crippen molar-refractivity contribution in [3.63, 3.8) is 0 Å². The van der Waals surface area contributed by atoms with Gasteiger partial charge in [0, 0.05) is 24.4 Å². The Balaban J connectivity index is 1.89. The first-order chi connectivity index (χ1) is 8.16. The molecule has 0 amide bonds. The molecule has 2 rings (SSSR count). The summed E-state index contributed by atoms with van der Waals surface area (Å²) in [5.74, 6) is 1.28. The Kier molecular flexibility index (Phi) is 4.54. The van der Waals surface area contributed by atoms with E-state index < -0.39 is 0 Å². The molecular weight excluding hydrogens is 232 g/mol. The maximum atomic E-state index is 5.83. The van der Waals surface area contributed by atoms with Crippen LogP contribution in [0, 0.1) is 18.8 Å². The number of hydrogen-bond acceptors (Lipinski definition) is 4. The topological polar surface area (TPSA) is 34.1 Å². The smallest absolute Gasteiger partial charge is 0.104 e. The van der Waals surface area contributed by atoms with E-state index in [0.29, 0.717) is 11.8 Å². The van der Waals surface area contributed by atoms with E-state index in [1.165, 1.54) is 0 Å². The van der Waals surface area contributed by atoms with E-state index in [9.17, 15) is 0 Å². The minimum atomic E-state index is 0.208. The minimum Gasteiger partial charge on any atom is -0.372 e. The fraction of sp³-hybridized carbons (Fsp3) is 0.769. The number of nitrogens with one attached hydrogen (secondary N) is 1. The van der Waals surface area contributed by atoms with Crippen LogP contribution in [0.3, 0.4) is 0 Å². The van der Waals surface area contributed by atoms with Crippen molar-refractivity contribution >= 4 is 11.3 Å².